The molecule has 7 heteroatoms. The van der Waals surface area contributed by atoms with Gasteiger partial charge in [0, 0.05) is 12.2 Å². The number of anilines is 1. The maximum Gasteiger partial charge on any atom is 0.414 e. The van der Waals surface area contributed by atoms with Crippen molar-refractivity contribution < 1.29 is 19.4 Å². The van der Waals surface area contributed by atoms with E-state index in [2.05, 4.69) is 9.88 Å². The van der Waals surface area contributed by atoms with Gasteiger partial charge in [-0.1, -0.05) is 24.3 Å². The number of fused-ring (bicyclic) bond motifs is 3. The molecule has 0 unspecified atom stereocenters. The number of aromatic nitrogens is 1. The maximum atomic E-state index is 13.1. The number of piperidine rings is 3. The zero-order chi connectivity index (χ0) is 19.5. The Bertz CT molecular complexity index is 850. The highest BCUT2D eigenvalue weighted by Gasteiger charge is 2.37. The molecular formula is C21H23N3O4. The molecule has 1 aromatic heterocycles. The molecule has 1 atom stereocenters. The average molecular weight is 381 g/mol. The minimum absolute atomic E-state index is 0.0451. The summed E-state index contributed by atoms with van der Waals surface area (Å²) in [5.74, 6) is -0.678. The number of carboxylic acids is 1. The van der Waals surface area contributed by atoms with E-state index in [-0.39, 0.29) is 18.3 Å². The van der Waals surface area contributed by atoms with Gasteiger partial charge in [0.2, 0.25) is 0 Å². The van der Waals surface area contributed by atoms with Crippen molar-refractivity contribution in [3.8, 4) is 0 Å². The molecule has 3 aliphatic rings. The third-order valence-corrected chi connectivity index (χ3v) is 5.48. The first-order chi connectivity index (χ1) is 13.6. The number of aromatic carboxylic acids is 1. The van der Waals surface area contributed by atoms with Crippen molar-refractivity contribution in [3.05, 3.63) is 59.9 Å². The number of para-hydroxylation sites is 1. The lowest BCUT2D eigenvalue weighted by molar-refractivity contribution is -0.0311. The number of amides is 1. The molecule has 0 saturated carbocycles. The molecule has 3 fully saturated rings. The molecule has 1 N–H and O–H groups in total. The predicted octanol–water partition coefficient (Wildman–Crippen LogP) is 3.02. The van der Waals surface area contributed by atoms with Gasteiger partial charge in [-0.05, 0) is 56.1 Å². The molecule has 1 amide bonds. The van der Waals surface area contributed by atoms with E-state index < -0.39 is 12.1 Å². The lowest BCUT2D eigenvalue weighted by Gasteiger charge is -2.44. The number of hydrogen-bond acceptors (Lipinski definition) is 5. The van der Waals surface area contributed by atoms with Crippen LogP contribution in [-0.2, 0) is 11.3 Å². The van der Waals surface area contributed by atoms with Crippen LogP contribution in [-0.4, -0.2) is 52.8 Å². The molecule has 7 nitrogen and oxygen atoms in total. The van der Waals surface area contributed by atoms with Gasteiger partial charge >= 0.3 is 12.1 Å². The third-order valence-electron chi connectivity index (χ3n) is 5.48. The van der Waals surface area contributed by atoms with E-state index in [9.17, 15) is 14.7 Å². The highest BCUT2D eigenvalue weighted by Crippen LogP contribution is 2.30. The number of carbonyl (C=O) groups is 2. The Morgan fingerprint density at radius 2 is 1.86 bits per heavy atom. The number of rotatable bonds is 5. The molecule has 2 bridgehead atoms. The van der Waals surface area contributed by atoms with Crippen LogP contribution in [0.3, 0.4) is 0 Å². The van der Waals surface area contributed by atoms with Crippen molar-refractivity contribution in [1.82, 2.24) is 9.88 Å². The lowest BCUT2D eigenvalue weighted by Crippen LogP contribution is -2.53. The number of pyridine rings is 1. The van der Waals surface area contributed by atoms with Crippen LogP contribution in [0.25, 0.3) is 0 Å². The summed E-state index contributed by atoms with van der Waals surface area (Å²) >= 11 is 0. The van der Waals surface area contributed by atoms with Crippen LogP contribution in [0.2, 0.25) is 0 Å². The monoisotopic (exact) mass is 381 g/mol. The number of hydrogen-bond donors (Lipinski definition) is 1. The van der Waals surface area contributed by atoms with E-state index in [1.807, 2.05) is 30.3 Å². The molecule has 0 radical (unpaired) electrons. The van der Waals surface area contributed by atoms with Crippen molar-refractivity contribution in [2.45, 2.75) is 25.5 Å². The van der Waals surface area contributed by atoms with Crippen molar-refractivity contribution in [1.29, 1.82) is 0 Å². The second kappa shape index (κ2) is 7.98. The Morgan fingerprint density at radius 3 is 2.50 bits per heavy atom. The Morgan fingerprint density at radius 1 is 1.11 bits per heavy atom. The molecule has 0 spiro atoms. The molecule has 28 heavy (non-hydrogen) atoms. The van der Waals surface area contributed by atoms with Crippen LogP contribution in [0.5, 0.6) is 0 Å². The molecule has 0 aliphatic carbocycles. The van der Waals surface area contributed by atoms with Gasteiger partial charge in [0.15, 0.2) is 0 Å². The summed E-state index contributed by atoms with van der Waals surface area (Å²) in [6.45, 7) is 3.08. The zero-order valence-electron chi connectivity index (χ0n) is 15.5. The predicted molar refractivity (Wildman–Crippen MR) is 103 cm³/mol. The number of carbonyl (C=O) groups excluding carboxylic acids is 1. The van der Waals surface area contributed by atoms with E-state index in [1.54, 1.807) is 12.1 Å². The van der Waals surface area contributed by atoms with Gasteiger partial charge in [0.1, 0.15) is 11.8 Å². The van der Waals surface area contributed by atoms with Crippen molar-refractivity contribution in [2.24, 2.45) is 5.92 Å². The standard InChI is InChI=1S/C21H23N3O4/c25-20(26)18-8-4-5-16(22-18)13-24(17-6-2-1-3-7-17)21(27)28-19-14-23-11-9-15(19)10-12-23/h1-8,15,19H,9-14H2,(H,25,26)/t19-/m0/s1. The minimum atomic E-state index is -1.09. The van der Waals surface area contributed by atoms with Crippen LogP contribution in [0.1, 0.15) is 29.0 Å². The Balaban J connectivity index is 1.54. The SMILES string of the molecule is O=C(O)c1cccc(CN(C(=O)O[C@H]2CN3CCC2CC3)c2ccccc2)n1. The summed E-state index contributed by atoms with van der Waals surface area (Å²) in [7, 11) is 0. The minimum Gasteiger partial charge on any atom is -0.477 e. The topological polar surface area (TPSA) is 83.0 Å². The Kier molecular flexibility index (Phi) is 5.25. The van der Waals surface area contributed by atoms with Crippen molar-refractivity contribution in [2.75, 3.05) is 24.5 Å². The van der Waals surface area contributed by atoms with Gasteiger partial charge in [-0.15, -0.1) is 0 Å². The smallest absolute Gasteiger partial charge is 0.414 e. The van der Waals surface area contributed by atoms with Crippen LogP contribution in [0, 0.1) is 5.92 Å². The second-order valence-electron chi connectivity index (χ2n) is 7.30. The first-order valence-electron chi connectivity index (χ1n) is 9.55. The zero-order valence-corrected chi connectivity index (χ0v) is 15.5. The number of benzene rings is 1. The molecular weight excluding hydrogens is 358 g/mol. The van der Waals surface area contributed by atoms with Crippen LogP contribution < -0.4 is 4.90 Å². The summed E-state index contributed by atoms with van der Waals surface area (Å²) in [5, 5.41) is 9.17. The van der Waals surface area contributed by atoms with Gasteiger partial charge in [-0.3, -0.25) is 9.80 Å². The van der Waals surface area contributed by atoms with E-state index in [0.717, 1.165) is 32.5 Å². The summed E-state index contributed by atoms with van der Waals surface area (Å²) in [6, 6.07) is 14.0. The number of nitrogens with zero attached hydrogens (tertiary/aromatic N) is 3. The van der Waals surface area contributed by atoms with Gasteiger partial charge in [0.05, 0.1) is 12.2 Å². The van der Waals surface area contributed by atoms with Crippen molar-refractivity contribution >= 4 is 17.7 Å². The first kappa shape index (κ1) is 18.4. The van der Waals surface area contributed by atoms with E-state index >= 15 is 0 Å². The molecule has 5 rings (SSSR count). The van der Waals surface area contributed by atoms with Crippen LogP contribution in [0.4, 0.5) is 10.5 Å². The fourth-order valence-electron chi connectivity index (χ4n) is 3.96. The summed E-state index contributed by atoms with van der Waals surface area (Å²) in [6.07, 6.45) is 1.60. The number of ether oxygens (including phenoxy) is 1. The van der Waals surface area contributed by atoms with Gasteiger partial charge in [-0.25, -0.2) is 14.6 Å². The number of carboxylic acid groups (broad SMARTS) is 1. The normalized spacial score (nSPS) is 23.2. The van der Waals surface area contributed by atoms with Gasteiger partial charge < -0.3 is 9.84 Å². The summed E-state index contributed by atoms with van der Waals surface area (Å²) in [5.41, 5.74) is 1.14. The molecule has 4 heterocycles. The fraction of sp³-hybridized carbons (Fsp3) is 0.381. The summed E-state index contributed by atoms with van der Waals surface area (Å²) < 4.78 is 5.89. The van der Waals surface area contributed by atoms with Gasteiger partial charge in [0.25, 0.3) is 0 Å². The fourth-order valence-corrected chi connectivity index (χ4v) is 3.96. The largest absolute Gasteiger partial charge is 0.477 e. The Labute approximate surface area is 163 Å². The molecule has 1 aromatic carbocycles. The lowest BCUT2D eigenvalue weighted by atomic mass is 9.86. The molecule has 146 valence electrons. The quantitative estimate of drug-likeness (QED) is 0.857. The maximum absolute atomic E-state index is 13.1. The highest BCUT2D eigenvalue weighted by atomic mass is 16.6. The highest BCUT2D eigenvalue weighted by molar-refractivity contribution is 5.88. The van der Waals surface area contributed by atoms with Crippen LogP contribution in [0.15, 0.2) is 48.5 Å². The first-order valence-corrected chi connectivity index (χ1v) is 9.55. The Hall–Kier alpha value is -2.93. The van der Waals surface area contributed by atoms with Crippen molar-refractivity contribution in [3.63, 3.8) is 0 Å². The van der Waals surface area contributed by atoms with Gasteiger partial charge in [-0.2, -0.15) is 0 Å². The van der Waals surface area contributed by atoms with E-state index in [1.165, 1.54) is 11.0 Å². The molecule has 3 saturated heterocycles. The van der Waals surface area contributed by atoms with Crippen LogP contribution >= 0.6 is 0 Å². The molecule has 3 aliphatic heterocycles. The summed E-state index contributed by atoms with van der Waals surface area (Å²) in [4.78, 5) is 32.3. The average Bonchev–Trinajstić information content (AvgIpc) is 2.73. The molecule has 2 aromatic rings. The van der Waals surface area contributed by atoms with E-state index in [0.29, 0.717) is 17.3 Å². The third kappa shape index (κ3) is 3.99. The second-order valence-corrected chi connectivity index (χ2v) is 7.30. The van der Waals surface area contributed by atoms with E-state index in [4.69, 9.17) is 4.74 Å².